The van der Waals surface area contributed by atoms with Crippen LogP contribution in [-0.4, -0.2) is 61.6 Å². The second-order valence-corrected chi connectivity index (χ2v) is 7.64. The van der Waals surface area contributed by atoms with Crippen LogP contribution >= 0.6 is 24.0 Å². The molecule has 148 valence electrons. The number of carbonyl (C=O) groups is 1. The highest BCUT2D eigenvalue weighted by Crippen LogP contribution is 2.16. The Balaban J connectivity index is 0.00000576. The van der Waals surface area contributed by atoms with Crippen LogP contribution in [0.15, 0.2) is 4.99 Å². The fourth-order valence-electron chi connectivity index (χ4n) is 3.01. The third kappa shape index (κ3) is 10.9. The topological polar surface area (TPSA) is 68.8 Å². The molecule has 1 atom stereocenters. The molecule has 25 heavy (non-hydrogen) atoms. The lowest BCUT2D eigenvalue weighted by Crippen LogP contribution is -2.51. The highest BCUT2D eigenvalue weighted by molar-refractivity contribution is 14.0. The lowest BCUT2D eigenvalue weighted by atomic mass is 10.0. The van der Waals surface area contributed by atoms with Gasteiger partial charge in [0, 0.05) is 25.2 Å². The summed E-state index contributed by atoms with van der Waals surface area (Å²) in [5.41, 5.74) is -0.211. The molecule has 0 radical (unpaired) electrons. The molecule has 0 aromatic heterocycles. The van der Waals surface area contributed by atoms with Crippen LogP contribution in [0.3, 0.4) is 0 Å². The minimum Gasteiger partial charge on any atom is -0.355 e. The molecule has 1 fully saturated rings. The number of carbonyl (C=O) groups excluding carboxylic acids is 1. The number of hydrogen-bond donors (Lipinski definition) is 3. The molecule has 0 spiro atoms. The summed E-state index contributed by atoms with van der Waals surface area (Å²) < 4.78 is 0. The van der Waals surface area contributed by atoms with E-state index in [1.165, 1.54) is 45.2 Å². The van der Waals surface area contributed by atoms with E-state index in [1.54, 1.807) is 7.05 Å². The second kappa shape index (κ2) is 12.7. The van der Waals surface area contributed by atoms with Gasteiger partial charge >= 0.3 is 0 Å². The van der Waals surface area contributed by atoms with Gasteiger partial charge in [-0.15, -0.1) is 24.0 Å². The molecule has 1 amide bonds. The summed E-state index contributed by atoms with van der Waals surface area (Å²) >= 11 is 0. The molecule has 7 heteroatoms. The van der Waals surface area contributed by atoms with E-state index in [-0.39, 0.29) is 42.0 Å². The summed E-state index contributed by atoms with van der Waals surface area (Å²) in [7, 11) is 1.74. The number of likely N-dealkylation sites (tertiary alicyclic amines) is 1. The smallest absolute Gasteiger partial charge is 0.239 e. The van der Waals surface area contributed by atoms with Crippen LogP contribution < -0.4 is 16.0 Å². The zero-order valence-corrected chi connectivity index (χ0v) is 19.0. The van der Waals surface area contributed by atoms with E-state index in [4.69, 9.17) is 0 Å². The number of halogens is 1. The molecule has 3 N–H and O–H groups in total. The second-order valence-electron chi connectivity index (χ2n) is 7.64. The summed E-state index contributed by atoms with van der Waals surface area (Å²) in [5, 5.41) is 9.42. The number of aliphatic imine (C=N–C) groups is 1. The van der Waals surface area contributed by atoms with Crippen LogP contribution in [0.25, 0.3) is 0 Å². The van der Waals surface area contributed by atoms with Crippen molar-refractivity contribution in [3.63, 3.8) is 0 Å². The predicted molar refractivity (Wildman–Crippen MR) is 117 cm³/mol. The van der Waals surface area contributed by atoms with Gasteiger partial charge in [-0.3, -0.25) is 14.7 Å². The van der Waals surface area contributed by atoms with E-state index in [1.807, 2.05) is 20.8 Å². The minimum absolute atomic E-state index is 0. The van der Waals surface area contributed by atoms with Crippen LogP contribution in [0, 0.1) is 0 Å². The number of nitrogens with one attached hydrogen (secondary N) is 3. The van der Waals surface area contributed by atoms with Crippen LogP contribution in [0.1, 0.15) is 59.8 Å². The van der Waals surface area contributed by atoms with Crippen molar-refractivity contribution in [1.82, 2.24) is 20.9 Å². The summed E-state index contributed by atoms with van der Waals surface area (Å²) in [6.45, 7) is 11.7. The molecule has 0 aliphatic carbocycles. The normalized spacial score (nSPS) is 19.1. The highest BCUT2D eigenvalue weighted by atomic mass is 127. The fraction of sp³-hybridized carbons (Fsp3) is 0.889. The zero-order chi connectivity index (χ0) is 18.0. The van der Waals surface area contributed by atoms with Crippen molar-refractivity contribution in [1.29, 1.82) is 0 Å². The van der Waals surface area contributed by atoms with Crippen LogP contribution in [0.5, 0.6) is 0 Å². The summed E-state index contributed by atoms with van der Waals surface area (Å²) in [6, 6.07) is 0.562. The molecule has 0 bridgehead atoms. The Labute approximate surface area is 171 Å². The van der Waals surface area contributed by atoms with Gasteiger partial charge in [0.15, 0.2) is 5.96 Å². The van der Waals surface area contributed by atoms with Crippen molar-refractivity contribution >= 4 is 35.8 Å². The van der Waals surface area contributed by atoms with Gasteiger partial charge in [0.2, 0.25) is 5.91 Å². The molecular weight excluding hydrogens is 429 g/mol. The molecule has 1 aliphatic heterocycles. The zero-order valence-electron chi connectivity index (χ0n) is 16.7. The van der Waals surface area contributed by atoms with Crippen molar-refractivity contribution in [2.75, 3.05) is 33.2 Å². The van der Waals surface area contributed by atoms with Gasteiger partial charge in [-0.05, 0) is 53.1 Å². The Morgan fingerprint density at radius 3 is 2.56 bits per heavy atom. The SMILES string of the molecule is CCCCN1CCCCC1CNC(=NC)NCC(=O)NC(C)(C)C.I. The Hall–Kier alpha value is -0.570. The maximum atomic E-state index is 11.9. The molecule has 0 aromatic rings. The largest absolute Gasteiger partial charge is 0.355 e. The van der Waals surface area contributed by atoms with Gasteiger partial charge in [-0.25, -0.2) is 0 Å². The van der Waals surface area contributed by atoms with Gasteiger partial charge in [0.25, 0.3) is 0 Å². The number of amides is 1. The van der Waals surface area contributed by atoms with E-state index in [0.29, 0.717) is 12.0 Å². The number of piperidine rings is 1. The number of hydrogen-bond acceptors (Lipinski definition) is 3. The van der Waals surface area contributed by atoms with Gasteiger partial charge in [0.1, 0.15) is 0 Å². The van der Waals surface area contributed by atoms with Gasteiger partial charge in [0.05, 0.1) is 6.54 Å². The molecule has 1 unspecified atom stereocenters. The van der Waals surface area contributed by atoms with E-state index in [9.17, 15) is 4.79 Å². The Bertz CT molecular complexity index is 409. The van der Waals surface area contributed by atoms with Crippen molar-refractivity contribution in [2.24, 2.45) is 4.99 Å². The fourth-order valence-corrected chi connectivity index (χ4v) is 3.01. The Kier molecular flexibility index (Phi) is 12.4. The first-order chi connectivity index (χ1) is 11.4. The van der Waals surface area contributed by atoms with Gasteiger partial charge in [-0.2, -0.15) is 0 Å². The van der Waals surface area contributed by atoms with E-state index >= 15 is 0 Å². The lowest BCUT2D eigenvalue weighted by Gasteiger charge is -2.36. The molecule has 0 aromatic carbocycles. The van der Waals surface area contributed by atoms with Crippen molar-refractivity contribution < 1.29 is 4.79 Å². The average molecular weight is 467 g/mol. The summed E-state index contributed by atoms with van der Waals surface area (Å²) in [4.78, 5) is 18.7. The van der Waals surface area contributed by atoms with E-state index < -0.39 is 0 Å². The minimum atomic E-state index is -0.211. The summed E-state index contributed by atoms with van der Waals surface area (Å²) in [6.07, 6.45) is 6.34. The van der Waals surface area contributed by atoms with Crippen LogP contribution in [0.4, 0.5) is 0 Å². The number of unbranched alkanes of at least 4 members (excludes halogenated alkanes) is 1. The van der Waals surface area contributed by atoms with Crippen molar-refractivity contribution in [2.45, 2.75) is 71.4 Å². The first kappa shape index (κ1) is 24.4. The first-order valence-corrected chi connectivity index (χ1v) is 9.35. The van der Waals surface area contributed by atoms with E-state index in [0.717, 1.165) is 6.54 Å². The third-order valence-corrected chi connectivity index (χ3v) is 4.21. The first-order valence-electron chi connectivity index (χ1n) is 9.35. The maximum absolute atomic E-state index is 11.9. The van der Waals surface area contributed by atoms with Crippen molar-refractivity contribution in [3.05, 3.63) is 0 Å². The molecule has 1 rings (SSSR count). The van der Waals surface area contributed by atoms with Crippen molar-refractivity contribution in [3.8, 4) is 0 Å². The molecule has 6 nitrogen and oxygen atoms in total. The average Bonchev–Trinajstić information content (AvgIpc) is 2.52. The van der Waals surface area contributed by atoms with Gasteiger partial charge < -0.3 is 16.0 Å². The molecule has 1 saturated heterocycles. The van der Waals surface area contributed by atoms with Crippen LogP contribution in [0.2, 0.25) is 0 Å². The third-order valence-electron chi connectivity index (χ3n) is 4.21. The molecule has 1 heterocycles. The Morgan fingerprint density at radius 2 is 1.96 bits per heavy atom. The monoisotopic (exact) mass is 467 g/mol. The predicted octanol–water partition coefficient (Wildman–Crippen LogP) is 2.34. The number of nitrogens with zero attached hydrogens (tertiary/aromatic N) is 2. The number of guanidine groups is 1. The highest BCUT2D eigenvalue weighted by Gasteiger charge is 2.22. The summed E-state index contributed by atoms with van der Waals surface area (Å²) in [5.74, 6) is 0.674. The molecular formula is C18H38IN5O. The Morgan fingerprint density at radius 1 is 1.24 bits per heavy atom. The quantitative estimate of drug-likeness (QED) is 0.306. The molecule has 0 saturated carbocycles. The number of rotatable bonds is 7. The standard InChI is InChI=1S/C18H37N5O.HI/c1-6-7-11-23-12-9-8-10-15(23)13-20-17(19-5)21-14-16(24)22-18(2,3)4;/h15H,6-14H2,1-5H3,(H,22,24)(H2,19,20,21);1H. The molecule has 1 aliphatic rings. The lowest BCUT2D eigenvalue weighted by molar-refractivity contribution is -0.121. The maximum Gasteiger partial charge on any atom is 0.239 e. The van der Waals surface area contributed by atoms with Crippen LogP contribution in [-0.2, 0) is 4.79 Å². The van der Waals surface area contributed by atoms with Gasteiger partial charge in [-0.1, -0.05) is 19.8 Å². The van der Waals surface area contributed by atoms with E-state index in [2.05, 4.69) is 32.8 Å².